The van der Waals surface area contributed by atoms with Crippen molar-refractivity contribution in [2.24, 2.45) is 0 Å². The van der Waals surface area contributed by atoms with E-state index in [4.69, 9.17) is 4.74 Å². The molecule has 0 radical (unpaired) electrons. The third kappa shape index (κ3) is 4.10. The van der Waals surface area contributed by atoms with E-state index in [0.29, 0.717) is 6.61 Å². The van der Waals surface area contributed by atoms with Crippen LogP contribution in [0, 0.1) is 0 Å². The smallest absolute Gasteiger partial charge is 0.239 e. The summed E-state index contributed by atoms with van der Waals surface area (Å²) < 4.78 is 5.04. The highest BCUT2D eigenvalue weighted by atomic mass is 16.5. The van der Waals surface area contributed by atoms with Crippen LogP contribution in [0.4, 0.5) is 0 Å². The Morgan fingerprint density at radius 1 is 1.31 bits per heavy atom. The van der Waals surface area contributed by atoms with Crippen LogP contribution in [0.25, 0.3) is 0 Å². The zero-order chi connectivity index (χ0) is 12.0. The number of hydrogen-bond acceptors (Lipinski definition) is 3. The number of carbonyl (C=O) groups excluding carboxylic acids is 1. The Morgan fingerprint density at radius 2 is 1.94 bits per heavy atom. The van der Waals surface area contributed by atoms with Gasteiger partial charge in [-0.05, 0) is 33.1 Å². The third-order valence-electron chi connectivity index (χ3n) is 2.99. The number of nitrogens with zero attached hydrogens (tertiary/aromatic N) is 1. The summed E-state index contributed by atoms with van der Waals surface area (Å²) in [7, 11) is 1.68. The van der Waals surface area contributed by atoms with Crippen LogP contribution < -0.4 is 5.32 Å². The Labute approximate surface area is 98.3 Å². The highest BCUT2D eigenvalue weighted by molar-refractivity contribution is 5.81. The molecule has 2 unspecified atom stereocenters. The van der Waals surface area contributed by atoms with Gasteiger partial charge >= 0.3 is 0 Å². The number of carbonyl (C=O) groups is 1. The van der Waals surface area contributed by atoms with Gasteiger partial charge in [0.1, 0.15) is 0 Å². The van der Waals surface area contributed by atoms with Crippen molar-refractivity contribution < 1.29 is 9.53 Å². The van der Waals surface area contributed by atoms with Crippen LogP contribution in [0.1, 0.15) is 33.1 Å². The molecule has 94 valence electrons. The van der Waals surface area contributed by atoms with E-state index in [0.717, 1.165) is 25.9 Å². The number of ether oxygens (including phenoxy) is 1. The topological polar surface area (TPSA) is 41.6 Å². The van der Waals surface area contributed by atoms with Gasteiger partial charge in [0.2, 0.25) is 5.91 Å². The molecule has 4 nitrogen and oxygen atoms in total. The van der Waals surface area contributed by atoms with Gasteiger partial charge in [0, 0.05) is 26.2 Å². The Bertz CT molecular complexity index is 215. The zero-order valence-electron chi connectivity index (χ0n) is 10.7. The maximum atomic E-state index is 12.1. The molecule has 0 aromatic carbocycles. The van der Waals surface area contributed by atoms with E-state index >= 15 is 0 Å². The van der Waals surface area contributed by atoms with Crippen molar-refractivity contribution >= 4 is 5.91 Å². The van der Waals surface area contributed by atoms with Gasteiger partial charge in [-0.15, -0.1) is 0 Å². The molecule has 1 aliphatic rings. The van der Waals surface area contributed by atoms with Gasteiger partial charge < -0.3 is 15.0 Å². The molecule has 1 fully saturated rings. The number of methoxy groups -OCH3 is 1. The lowest BCUT2D eigenvalue weighted by Crippen LogP contribution is -2.49. The second kappa shape index (κ2) is 6.86. The number of nitrogens with one attached hydrogen (secondary N) is 1. The molecule has 1 rings (SSSR count). The lowest BCUT2D eigenvalue weighted by Gasteiger charge is -2.30. The van der Waals surface area contributed by atoms with Gasteiger partial charge in [0.15, 0.2) is 0 Å². The van der Waals surface area contributed by atoms with Crippen molar-refractivity contribution in [1.29, 1.82) is 0 Å². The SMILES string of the molecule is COCC(C)NC(C)C(=O)N1CCCCC1. The number of rotatable bonds is 5. The average Bonchev–Trinajstić information content (AvgIpc) is 2.29. The van der Waals surface area contributed by atoms with Crippen molar-refractivity contribution in [1.82, 2.24) is 10.2 Å². The monoisotopic (exact) mass is 228 g/mol. The molecule has 2 atom stereocenters. The summed E-state index contributed by atoms with van der Waals surface area (Å²) in [6.07, 6.45) is 3.55. The van der Waals surface area contributed by atoms with E-state index in [9.17, 15) is 4.79 Å². The Kier molecular flexibility index (Phi) is 5.77. The first kappa shape index (κ1) is 13.5. The molecule has 4 heteroatoms. The summed E-state index contributed by atoms with van der Waals surface area (Å²) in [5, 5.41) is 3.26. The normalized spacial score (nSPS) is 20.6. The number of likely N-dealkylation sites (tertiary alicyclic amines) is 1. The van der Waals surface area contributed by atoms with E-state index in [-0.39, 0.29) is 18.0 Å². The van der Waals surface area contributed by atoms with Crippen LogP contribution in [-0.4, -0.2) is 49.7 Å². The average molecular weight is 228 g/mol. The van der Waals surface area contributed by atoms with Crippen molar-refractivity contribution in [2.45, 2.75) is 45.2 Å². The lowest BCUT2D eigenvalue weighted by molar-refractivity contribution is -0.134. The second-order valence-electron chi connectivity index (χ2n) is 4.63. The predicted octanol–water partition coefficient (Wildman–Crippen LogP) is 1.01. The van der Waals surface area contributed by atoms with Crippen LogP contribution in [0.15, 0.2) is 0 Å². The molecule has 0 saturated carbocycles. The van der Waals surface area contributed by atoms with Crippen LogP contribution in [0.5, 0.6) is 0 Å². The summed E-state index contributed by atoms with van der Waals surface area (Å²) in [6.45, 7) is 6.44. The maximum Gasteiger partial charge on any atom is 0.239 e. The van der Waals surface area contributed by atoms with Gasteiger partial charge in [-0.3, -0.25) is 4.79 Å². The summed E-state index contributed by atoms with van der Waals surface area (Å²) >= 11 is 0. The Hall–Kier alpha value is -0.610. The fourth-order valence-corrected chi connectivity index (χ4v) is 2.18. The number of amides is 1. The van der Waals surface area contributed by atoms with Crippen LogP contribution in [0.3, 0.4) is 0 Å². The quantitative estimate of drug-likeness (QED) is 0.763. The fraction of sp³-hybridized carbons (Fsp3) is 0.917. The van der Waals surface area contributed by atoms with Gasteiger partial charge in [-0.1, -0.05) is 0 Å². The zero-order valence-corrected chi connectivity index (χ0v) is 10.7. The molecular weight excluding hydrogens is 204 g/mol. The molecule has 1 heterocycles. The van der Waals surface area contributed by atoms with Gasteiger partial charge in [0.05, 0.1) is 12.6 Å². The molecular formula is C12H24N2O2. The van der Waals surface area contributed by atoms with E-state index < -0.39 is 0 Å². The molecule has 0 bridgehead atoms. The molecule has 0 spiro atoms. The van der Waals surface area contributed by atoms with E-state index in [1.165, 1.54) is 6.42 Å². The van der Waals surface area contributed by atoms with Crippen molar-refractivity contribution in [3.8, 4) is 0 Å². The summed E-state index contributed by atoms with van der Waals surface area (Å²) in [5.74, 6) is 0.225. The van der Waals surface area contributed by atoms with Crippen LogP contribution in [-0.2, 0) is 9.53 Å². The molecule has 1 saturated heterocycles. The van der Waals surface area contributed by atoms with E-state index in [1.54, 1.807) is 7.11 Å². The molecule has 16 heavy (non-hydrogen) atoms. The Balaban J connectivity index is 2.34. The minimum atomic E-state index is -0.108. The van der Waals surface area contributed by atoms with Gasteiger partial charge in [0.25, 0.3) is 0 Å². The Morgan fingerprint density at radius 3 is 2.50 bits per heavy atom. The minimum absolute atomic E-state index is 0.108. The van der Waals surface area contributed by atoms with Crippen LogP contribution in [0.2, 0.25) is 0 Å². The number of piperidine rings is 1. The fourth-order valence-electron chi connectivity index (χ4n) is 2.18. The van der Waals surface area contributed by atoms with E-state index in [2.05, 4.69) is 5.32 Å². The standard InChI is InChI=1S/C12H24N2O2/c1-10(9-16-3)13-11(2)12(15)14-7-5-4-6-8-14/h10-11,13H,4-9H2,1-3H3. The molecule has 1 aliphatic heterocycles. The van der Waals surface area contributed by atoms with Crippen molar-refractivity contribution in [3.05, 3.63) is 0 Å². The summed E-state index contributed by atoms with van der Waals surface area (Å²) in [5.41, 5.74) is 0. The summed E-state index contributed by atoms with van der Waals surface area (Å²) in [4.78, 5) is 14.0. The largest absolute Gasteiger partial charge is 0.383 e. The first-order valence-electron chi connectivity index (χ1n) is 6.19. The van der Waals surface area contributed by atoms with Gasteiger partial charge in [-0.25, -0.2) is 0 Å². The lowest BCUT2D eigenvalue weighted by atomic mass is 10.1. The molecule has 0 aliphatic carbocycles. The van der Waals surface area contributed by atoms with E-state index in [1.807, 2.05) is 18.7 Å². The highest BCUT2D eigenvalue weighted by Crippen LogP contribution is 2.10. The number of hydrogen-bond donors (Lipinski definition) is 1. The van der Waals surface area contributed by atoms with Crippen LogP contribution >= 0.6 is 0 Å². The third-order valence-corrected chi connectivity index (χ3v) is 2.99. The molecule has 0 aromatic rings. The first-order valence-corrected chi connectivity index (χ1v) is 6.19. The summed E-state index contributed by atoms with van der Waals surface area (Å²) in [6, 6.07) is 0.108. The predicted molar refractivity (Wildman–Crippen MR) is 64.4 cm³/mol. The van der Waals surface area contributed by atoms with Crippen molar-refractivity contribution in [2.75, 3.05) is 26.8 Å². The van der Waals surface area contributed by atoms with Gasteiger partial charge in [-0.2, -0.15) is 0 Å². The molecule has 1 amide bonds. The molecule has 1 N–H and O–H groups in total. The first-order chi connectivity index (χ1) is 7.65. The molecule has 0 aromatic heterocycles. The minimum Gasteiger partial charge on any atom is -0.383 e. The van der Waals surface area contributed by atoms with Crippen molar-refractivity contribution in [3.63, 3.8) is 0 Å². The second-order valence-corrected chi connectivity index (χ2v) is 4.63. The highest BCUT2D eigenvalue weighted by Gasteiger charge is 2.22. The maximum absolute atomic E-state index is 12.1.